The smallest absolute Gasteiger partial charge is 0.260 e. The van der Waals surface area contributed by atoms with Crippen molar-refractivity contribution in [2.75, 3.05) is 18.8 Å². The Morgan fingerprint density at radius 2 is 1.75 bits per heavy atom. The molecule has 2 aromatic carbocycles. The first-order valence-corrected chi connectivity index (χ1v) is 12.0. The first-order chi connectivity index (χ1) is 15.3. The molecule has 1 amide bonds. The minimum absolute atomic E-state index is 0.0391. The van der Waals surface area contributed by atoms with Crippen LogP contribution in [0.1, 0.15) is 60.8 Å². The van der Waals surface area contributed by atoms with Gasteiger partial charge < -0.3 is 20.7 Å². The minimum atomic E-state index is -0.535. The lowest BCUT2D eigenvalue weighted by Crippen LogP contribution is -2.52. The Balaban J connectivity index is 1.23. The number of benzene rings is 2. The highest BCUT2D eigenvalue weighted by molar-refractivity contribution is 5.81. The van der Waals surface area contributed by atoms with E-state index < -0.39 is 6.10 Å². The zero-order chi connectivity index (χ0) is 22.8. The monoisotopic (exact) mass is 435 g/mol. The topological polar surface area (TPSA) is 67.6 Å². The van der Waals surface area contributed by atoms with Crippen LogP contribution in [-0.4, -0.2) is 42.1 Å². The van der Waals surface area contributed by atoms with Gasteiger partial charge in [-0.25, -0.2) is 0 Å². The van der Waals surface area contributed by atoms with E-state index in [1.165, 1.54) is 18.4 Å². The maximum atomic E-state index is 12.8. The second-order valence-electron chi connectivity index (χ2n) is 9.67. The summed E-state index contributed by atoms with van der Waals surface area (Å²) in [6.45, 7) is 9.89. The molecule has 1 aliphatic carbocycles. The van der Waals surface area contributed by atoms with Crippen LogP contribution in [0.25, 0.3) is 0 Å². The van der Waals surface area contributed by atoms with Crippen LogP contribution in [0.3, 0.4) is 0 Å². The molecule has 0 spiro atoms. The molecule has 1 heterocycles. The molecular weight excluding hydrogens is 398 g/mol. The normalized spacial score (nSPS) is 22.8. The summed E-state index contributed by atoms with van der Waals surface area (Å²) < 4.78 is 6.03. The largest absolute Gasteiger partial charge is 0.481 e. The van der Waals surface area contributed by atoms with Crippen LogP contribution in [0, 0.1) is 20.8 Å². The maximum Gasteiger partial charge on any atom is 0.260 e. The van der Waals surface area contributed by atoms with Gasteiger partial charge in [0, 0.05) is 30.9 Å². The van der Waals surface area contributed by atoms with Gasteiger partial charge in [0.05, 0.1) is 0 Å². The summed E-state index contributed by atoms with van der Waals surface area (Å²) >= 11 is 0. The van der Waals surface area contributed by atoms with Crippen molar-refractivity contribution in [2.45, 2.75) is 77.5 Å². The van der Waals surface area contributed by atoms with Gasteiger partial charge in [-0.05, 0) is 87.6 Å². The number of ether oxygens (including phenoxy) is 1. The van der Waals surface area contributed by atoms with Crippen molar-refractivity contribution < 1.29 is 9.53 Å². The summed E-state index contributed by atoms with van der Waals surface area (Å²) in [7, 11) is 0. The van der Waals surface area contributed by atoms with E-state index in [-0.39, 0.29) is 11.9 Å². The number of carbonyl (C=O) groups is 1. The van der Waals surface area contributed by atoms with Gasteiger partial charge in [0.2, 0.25) is 0 Å². The molecule has 1 unspecified atom stereocenters. The van der Waals surface area contributed by atoms with Gasteiger partial charge in [-0.2, -0.15) is 0 Å². The molecule has 1 saturated carbocycles. The van der Waals surface area contributed by atoms with E-state index in [0.29, 0.717) is 12.0 Å². The quantitative estimate of drug-likeness (QED) is 0.656. The summed E-state index contributed by atoms with van der Waals surface area (Å²) in [5, 5.41) is 3.21. The van der Waals surface area contributed by atoms with Crippen molar-refractivity contribution in [3.05, 3.63) is 58.7 Å². The number of rotatable bonds is 6. The van der Waals surface area contributed by atoms with Crippen molar-refractivity contribution in [3.63, 3.8) is 0 Å². The number of nitrogens with zero attached hydrogens (tertiary/aromatic N) is 1. The summed E-state index contributed by atoms with van der Waals surface area (Å²) in [5.74, 6) is 1.41. The summed E-state index contributed by atoms with van der Waals surface area (Å²) in [6.07, 6.45) is 3.98. The van der Waals surface area contributed by atoms with Crippen molar-refractivity contribution in [1.82, 2.24) is 10.2 Å². The second-order valence-corrected chi connectivity index (χ2v) is 9.67. The second kappa shape index (κ2) is 9.53. The highest BCUT2D eigenvalue weighted by Gasteiger charge is 2.36. The van der Waals surface area contributed by atoms with Crippen molar-refractivity contribution in [3.8, 4) is 5.75 Å². The number of hydrogen-bond donors (Lipinski definition) is 2. The number of likely N-dealkylation sites (tertiary alicyclic amines) is 1. The molecule has 1 saturated heterocycles. The first kappa shape index (κ1) is 22.7. The predicted molar refractivity (Wildman–Crippen MR) is 130 cm³/mol. The molecule has 1 atom stereocenters. The molecule has 32 heavy (non-hydrogen) atoms. The molecule has 5 nitrogen and oxygen atoms in total. The van der Waals surface area contributed by atoms with Gasteiger partial charge in [-0.3, -0.25) is 4.79 Å². The fraction of sp³-hybridized carbons (Fsp3) is 0.519. The number of aryl methyl sites for hydroxylation is 1. The maximum absolute atomic E-state index is 12.8. The molecule has 0 bridgehead atoms. The number of anilines is 1. The van der Waals surface area contributed by atoms with E-state index in [4.69, 9.17) is 10.5 Å². The van der Waals surface area contributed by atoms with Gasteiger partial charge in [0.15, 0.2) is 6.10 Å². The molecule has 0 radical (unpaired) electrons. The van der Waals surface area contributed by atoms with E-state index >= 15 is 0 Å². The molecule has 2 fully saturated rings. The summed E-state index contributed by atoms with van der Waals surface area (Å²) in [6, 6.07) is 13.7. The fourth-order valence-corrected chi connectivity index (χ4v) is 5.04. The SMILES string of the molecule is Cc1cc(OC(C)C(=O)NC2CCN(C3CC(c4ccccc4)C3)CC2)c(C)c(C)c1N. The zero-order valence-corrected chi connectivity index (χ0v) is 19.9. The molecule has 4 rings (SSSR count). The third kappa shape index (κ3) is 4.78. The van der Waals surface area contributed by atoms with Crippen molar-refractivity contribution in [2.24, 2.45) is 0 Å². The molecular formula is C27H37N3O2. The molecule has 2 aromatic rings. The van der Waals surface area contributed by atoms with Crippen LogP contribution in [0.4, 0.5) is 5.69 Å². The zero-order valence-electron chi connectivity index (χ0n) is 19.9. The average molecular weight is 436 g/mol. The molecule has 5 heteroatoms. The Morgan fingerprint density at radius 1 is 1.09 bits per heavy atom. The Kier molecular flexibility index (Phi) is 6.75. The predicted octanol–water partition coefficient (Wildman–Crippen LogP) is 4.49. The number of nitrogen functional groups attached to an aromatic ring is 1. The third-order valence-electron chi connectivity index (χ3n) is 7.56. The van der Waals surface area contributed by atoms with Crippen LogP contribution in [0.5, 0.6) is 5.75 Å². The van der Waals surface area contributed by atoms with Gasteiger partial charge in [-0.15, -0.1) is 0 Å². The van der Waals surface area contributed by atoms with Crippen LogP contribution in [0.2, 0.25) is 0 Å². The van der Waals surface area contributed by atoms with E-state index in [9.17, 15) is 4.79 Å². The lowest BCUT2D eigenvalue weighted by Gasteiger charge is -2.46. The van der Waals surface area contributed by atoms with Crippen LogP contribution < -0.4 is 15.8 Å². The number of nitrogens with one attached hydrogen (secondary N) is 1. The number of nitrogens with two attached hydrogens (primary N) is 1. The Bertz CT molecular complexity index is 945. The van der Waals surface area contributed by atoms with E-state index in [2.05, 4.69) is 40.5 Å². The molecule has 1 aliphatic heterocycles. The molecule has 172 valence electrons. The minimum Gasteiger partial charge on any atom is -0.481 e. The molecule has 0 aromatic heterocycles. The number of amides is 1. The van der Waals surface area contributed by atoms with Crippen molar-refractivity contribution in [1.29, 1.82) is 0 Å². The summed E-state index contributed by atoms with van der Waals surface area (Å²) in [5.41, 5.74) is 11.4. The number of piperidine rings is 1. The van der Waals surface area contributed by atoms with Gasteiger partial charge in [0.25, 0.3) is 5.91 Å². The first-order valence-electron chi connectivity index (χ1n) is 12.0. The lowest BCUT2D eigenvalue weighted by atomic mass is 9.74. The highest BCUT2D eigenvalue weighted by atomic mass is 16.5. The van der Waals surface area contributed by atoms with Crippen LogP contribution in [-0.2, 0) is 4.79 Å². The van der Waals surface area contributed by atoms with E-state index in [0.717, 1.165) is 54.1 Å². The number of carbonyl (C=O) groups excluding carboxylic acids is 1. The van der Waals surface area contributed by atoms with Crippen molar-refractivity contribution >= 4 is 11.6 Å². The van der Waals surface area contributed by atoms with Crippen LogP contribution in [0.15, 0.2) is 36.4 Å². The summed E-state index contributed by atoms with van der Waals surface area (Å²) in [4.78, 5) is 15.4. The van der Waals surface area contributed by atoms with E-state index in [1.54, 1.807) is 0 Å². The fourth-order valence-electron chi connectivity index (χ4n) is 5.04. The van der Waals surface area contributed by atoms with Gasteiger partial charge >= 0.3 is 0 Å². The third-order valence-corrected chi connectivity index (χ3v) is 7.56. The molecule has 2 aliphatic rings. The lowest BCUT2D eigenvalue weighted by molar-refractivity contribution is -0.128. The van der Waals surface area contributed by atoms with E-state index in [1.807, 2.05) is 33.8 Å². The molecule has 3 N–H and O–H groups in total. The van der Waals surface area contributed by atoms with Crippen LogP contribution >= 0.6 is 0 Å². The Hall–Kier alpha value is -2.53. The number of hydrogen-bond acceptors (Lipinski definition) is 4. The highest BCUT2D eigenvalue weighted by Crippen LogP contribution is 2.40. The van der Waals surface area contributed by atoms with Gasteiger partial charge in [0.1, 0.15) is 5.75 Å². The van der Waals surface area contributed by atoms with Gasteiger partial charge in [-0.1, -0.05) is 30.3 Å². The Morgan fingerprint density at radius 3 is 2.41 bits per heavy atom. The standard InChI is InChI=1S/C27H37N3O2/c1-17-14-25(18(2)19(3)26(17)28)32-20(4)27(31)29-23-10-12-30(13-11-23)24-15-22(16-24)21-8-6-5-7-9-21/h5-9,14,20,22-24H,10-13,15-16,28H2,1-4H3,(H,29,31). The average Bonchev–Trinajstić information content (AvgIpc) is 2.76. The Labute approximate surface area is 192 Å².